The van der Waals surface area contributed by atoms with Gasteiger partial charge in [-0.15, -0.1) is 0 Å². The average Bonchev–Trinajstić information content (AvgIpc) is 2.16. The molecule has 0 aliphatic carbocycles. The van der Waals surface area contributed by atoms with Crippen molar-refractivity contribution in [3.8, 4) is 0 Å². The molecule has 0 bridgehead atoms. The Morgan fingerprint density at radius 1 is 0.882 bits per heavy atom. The molecule has 0 spiro atoms. The van der Waals surface area contributed by atoms with Crippen molar-refractivity contribution in [1.82, 2.24) is 0 Å². The summed E-state index contributed by atoms with van der Waals surface area (Å²) in [7, 11) is 0. The summed E-state index contributed by atoms with van der Waals surface area (Å²) >= 11 is 0. The maximum atomic E-state index is 10.5. The first-order valence-electron chi connectivity index (χ1n) is 3.92. The fraction of sp³-hybridized carbons (Fsp3) is 0.143. The molecule has 1 rings (SSSR count). The van der Waals surface area contributed by atoms with Crippen LogP contribution in [-0.2, 0) is 0 Å². The second kappa shape index (κ2) is 5.33. The van der Waals surface area contributed by atoms with Gasteiger partial charge in [0.25, 0.3) is 17.1 Å². The van der Waals surface area contributed by atoms with E-state index in [0.29, 0.717) is 12.1 Å². The zero-order valence-electron chi connectivity index (χ0n) is 8.52. The Balaban J connectivity index is 0.00000256. The van der Waals surface area contributed by atoms with Gasteiger partial charge >= 0.3 is 0 Å². The molecule has 0 atom stereocenters. The van der Waals surface area contributed by atoms with E-state index in [1.54, 1.807) is 0 Å². The summed E-state index contributed by atoms with van der Waals surface area (Å²) in [6.45, 7) is 1.17. The van der Waals surface area contributed by atoms with Crippen LogP contribution in [0.25, 0.3) is 0 Å². The monoisotopic (exact) mass is 254 g/mol. The number of hydrogen-bond donors (Lipinski definition) is 0. The molecule has 0 unspecified atom stereocenters. The molecule has 0 heterocycles. The summed E-state index contributed by atoms with van der Waals surface area (Å²) in [4.78, 5) is 28.8. The molecule has 10 heteroatoms. The zero-order chi connectivity index (χ0) is 12.5. The third kappa shape index (κ3) is 2.96. The van der Waals surface area contributed by atoms with Crippen LogP contribution >= 0.6 is 0 Å². The molecule has 0 N–H and O–H groups in total. The molecule has 87 valence electrons. The van der Waals surface area contributed by atoms with E-state index in [4.69, 9.17) is 0 Å². The Labute approximate surface area is 105 Å². The summed E-state index contributed by atoms with van der Waals surface area (Å²) in [6, 6.07) is 1.39. The van der Waals surface area contributed by atoms with Crippen LogP contribution in [0.2, 0.25) is 0 Å². The smallest absolute Gasteiger partial charge is 0.258 e. The lowest BCUT2D eigenvalue weighted by Gasteiger charge is -1.99. The first kappa shape index (κ1) is 15.0. The molecule has 0 amide bonds. The minimum atomic E-state index is -0.917. The quantitative estimate of drug-likeness (QED) is 0.454. The first-order chi connectivity index (χ1) is 7.34. The van der Waals surface area contributed by atoms with E-state index in [9.17, 15) is 30.3 Å². The Morgan fingerprint density at radius 2 is 1.24 bits per heavy atom. The standard InChI is InChI=1S/C7H5N3O6.Al/c1-4-6(9(13)14)2-5(8(11)12)3-7(4)10(15)16;/h2-3H,1H3;. The maximum Gasteiger partial charge on any atom is 0.286 e. The van der Waals surface area contributed by atoms with Gasteiger partial charge in [-0.05, 0) is 6.92 Å². The van der Waals surface area contributed by atoms with Gasteiger partial charge in [-0.25, -0.2) is 0 Å². The summed E-state index contributed by atoms with van der Waals surface area (Å²) in [5.41, 5.74) is -2.16. The molecule has 0 aromatic heterocycles. The number of benzene rings is 1. The molecule has 9 nitrogen and oxygen atoms in total. The van der Waals surface area contributed by atoms with E-state index in [1.807, 2.05) is 0 Å². The first-order valence-corrected chi connectivity index (χ1v) is 3.92. The van der Waals surface area contributed by atoms with E-state index < -0.39 is 31.8 Å². The third-order valence-corrected chi connectivity index (χ3v) is 1.94. The minimum Gasteiger partial charge on any atom is -0.258 e. The van der Waals surface area contributed by atoms with Crippen LogP contribution in [0.3, 0.4) is 0 Å². The van der Waals surface area contributed by atoms with Gasteiger partial charge in [0.15, 0.2) is 0 Å². The lowest BCUT2D eigenvalue weighted by molar-refractivity contribution is -0.403. The molecule has 17 heavy (non-hydrogen) atoms. The van der Waals surface area contributed by atoms with Gasteiger partial charge in [-0.2, -0.15) is 0 Å². The summed E-state index contributed by atoms with van der Waals surface area (Å²) in [5.74, 6) is 0. The van der Waals surface area contributed by atoms with E-state index in [2.05, 4.69) is 0 Å². The van der Waals surface area contributed by atoms with Crippen molar-refractivity contribution in [2.75, 3.05) is 0 Å². The maximum absolute atomic E-state index is 10.5. The summed E-state index contributed by atoms with van der Waals surface area (Å²) < 4.78 is 0. The van der Waals surface area contributed by atoms with Crippen molar-refractivity contribution in [3.63, 3.8) is 0 Å². The highest BCUT2D eigenvalue weighted by Crippen LogP contribution is 2.32. The molecule has 0 saturated carbocycles. The van der Waals surface area contributed by atoms with Crippen molar-refractivity contribution in [3.05, 3.63) is 48.0 Å². The molecule has 0 saturated heterocycles. The number of nitro groups is 3. The number of non-ortho nitro benzene ring substituents is 1. The average molecular weight is 254 g/mol. The van der Waals surface area contributed by atoms with Crippen molar-refractivity contribution in [1.29, 1.82) is 0 Å². The van der Waals surface area contributed by atoms with E-state index in [1.165, 1.54) is 6.92 Å². The van der Waals surface area contributed by atoms with Gasteiger partial charge in [0.2, 0.25) is 0 Å². The SMILES string of the molecule is Cc1c([N+](=O)[O-])cc([N+](=O)[O-])cc1[N+](=O)[O-].[Al]. The fourth-order valence-corrected chi connectivity index (χ4v) is 1.15. The van der Waals surface area contributed by atoms with E-state index in [0.717, 1.165) is 0 Å². The van der Waals surface area contributed by atoms with Crippen molar-refractivity contribution < 1.29 is 14.8 Å². The van der Waals surface area contributed by atoms with Crippen molar-refractivity contribution in [2.24, 2.45) is 0 Å². The van der Waals surface area contributed by atoms with Crippen LogP contribution in [0.15, 0.2) is 12.1 Å². The number of nitrogens with zero attached hydrogens (tertiary/aromatic N) is 3. The van der Waals surface area contributed by atoms with Crippen LogP contribution in [0.5, 0.6) is 0 Å². The largest absolute Gasteiger partial charge is 0.286 e. The van der Waals surface area contributed by atoms with Crippen LogP contribution < -0.4 is 0 Å². The molecular weight excluding hydrogens is 249 g/mol. The van der Waals surface area contributed by atoms with Gasteiger partial charge in [-0.3, -0.25) is 30.3 Å². The predicted molar refractivity (Wildman–Crippen MR) is 56.9 cm³/mol. The summed E-state index contributed by atoms with van der Waals surface area (Å²) in [5, 5.41) is 31.5. The number of nitro benzene ring substituents is 3. The highest BCUT2D eigenvalue weighted by Gasteiger charge is 2.27. The van der Waals surface area contributed by atoms with Gasteiger partial charge in [0.05, 0.1) is 26.9 Å². The van der Waals surface area contributed by atoms with Gasteiger partial charge < -0.3 is 0 Å². The second-order valence-electron chi connectivity index (χ2n) is 2.88. The lowest BCUT2D eigenvalue weighted by Crippen LogP contribution is -2.00. The molecule has 0 aliphatic rings. The minimum absolute atomic E-state index is 0. The third-order valence-electron chi connectivity index (χ3n) is 1.94. The zero-order valence-corrected chi connectivity index (χ0v) is 9.68. The molecule has 1 aromatic carbocycles. The highest BCUT2D eigenvalue weighted by atomic mass is 27.0. The predicted octanol–water partition coefficient (Wildman–Crippen LogP) is 1.34. The number of hydrogen-bond acceptors (Lipinski definition) is 6. The summed E-state index contributed by atoms with van der Waals surface area (Å²) in [6.07, 6.45) is 0. The second-order valence-corrected chi connectivity index (χ2v) is 2.88. The normalized spacial score (nSPS) is 9.24. The van der Waals surface area contributed by atoms with Crippen molar-refractivity contribution >= 4 is 34.4 Å². The van der Waals surface area contributed by atoms with Gasteiger partial charge in [-0.1, -0.05) is 0 Å². The fourth-order valence-electron chi connectivity index (χ4n) is 1.15. The Kier molecular flexibility index (Phi) is 4.69. The molecule has 0 fully saturated rings. The van der Waals surface area contributed by atoms with Crippen LogP contribution in [0, 0.1) is 37.3 Å². The molecule has 3 radical (unpaired) electrons. The van der Waals surface area contributed by atoms with Gasteiger partial charge in [0, 0.05) is 17.4 Å². The van der Waals surface area contributed by atoms with Gasteiger partial charge in [0.1, 0.15) is 5.56 Å². The topological polar surface area (TPSA) is 129 Å². The van der Waals surface area contributed by atoms with E-state index in [-0.39, 0.29) is 22.9 Å². The Hall–Kier alpha value is -2.05. The molecule has 0 aliphatic heterocycles. The molecule has 1 aromatic rings. The molecular formula is C7H5AlN3O6. The van der Waals surface area contributed by atoms with Crippen LogP contribution in [-0.4, -0.2) is 32.1 Å². The van der Waals surface area contributed by atoms with E-state index >= 15 is 0 Å². The Bertz CT molecular complexity index is 467. The van der Waals surface area contributed by atoms with Crippen LogP contribution in [0.4, 0.5) is 17.1 Å². The highest BCUT2D eigenvalue weighted by molar-refractivity contribution is 5.75. The van der Waals surface area contributed by atoms with Crippen LogP contribution in [0.1, 0.15) is 5.56 Å². The Morgan fingerprint density at radius 3 is 1.47 bits per heavy atom. The number of rotatable bonds is 3. The lowest BCUT2D eigenvalue weighted by atomic mass is 10.1. The van der Waals surface area contributed by atoms with Crippen molar-refractivity contribution in [2.45, 2.75) is 6.92 Å².